The number of nitrogens with one attached hydrogen (secondary N) is 1. The van der Waals surface area contributed by atoms with Gasteiger partial charge in [0, 0.05) is 31.2 Å². The fraction of sp³-hybridized carbons (Fsp3) is 0.533. The van der Waals surface area contributed by atoms with Gasteiger partial charge in [-0.25, -0.2) is 9.18 Å². The third-order valence-electron chi connectivity index (χ3n) is 3.56. The first-order valence-corrected chi connectivity index (χ1v) is 7.09. The molecule has 0 bridgehead atoms. The molecule has 4 nitrogen and oxygen atoms in total. The highest BCUT2D eigenvalue weighted by Crippen LogP contribution is 2.13. The van der Waals surface area contributed by atoms with E-state index in [-0.39, 0.29) is 11.9 Å². The number of likely N-dealkylation sites (tertiary alicyclic amines) is 1. The van der Waals surface area contributed by atoms with Gasteiger partial charge in [0.2, 0.25) is 0 Å². The van der Waals surface area contributed by atoms with Crippen LogP contribution in [0.2, 0.25) is 0 Å². The Morgan fingerprint density at radius 1 is 1.40 bits per heavy atom. The summed E-state index contributed by atoms with van der Waals surface area (Å²) < 4.78 is 18.5. The zero-order valence-electron chi connectivity index (χ0n) is 11.8. The summed E-state index contributed by atoms with van der Waals surface area (Å²) in [4.78, 5) is 13.3. The van der Waals surface area contributed by atoms with E-state index < -0.39 is 0 Å². The van der Waals surface area contributed by atoms with Crippen molar-refractivity contribution in [2.75, 3.05) is 19.7 Å². The largest absolute Gasteiger partial charge is 0.450 e. The van der Waals surface area contributed by atoms with Crippen LogP contribution in [0.25, 0.3) is 0 Å². The third kappa shape index (κ3) is 3.93. The summed E-state index contributed by atoms with van der Waals surface area (Å²) in [5.41, 5.74) is 0.681. The third-order valence-corrected chi connectivity index (χ3v) is 3.56. The summed E-state index contributed by atoms with van der Waals surface area (Å²) in [6.45, 7) is 4.11. The number of halogens is 1. The molecule has 1 saturated heterocycles. The highest BCUT2D eigenvalue weighted by atomic mass is 19.1. The van der Waals surface area contributed by atoms with Crippen LogP contribution < -0.4 is 5.32 Å². The quantitative estimate of drug-likeness (QED) is 0.921. The maximum atomic E-state index is 13.5. The van der Waals surface area contributed by atoms with Crippen LogP contribution in [0.3, 0.4) is 0 Å². The molecule has 110 valence electrons. The van der Waals surface area contributed by atoms with E-state index in [0.717, 1.165) is 12.8 Å². The summed E-state index contributed by atoms with van der Waals surface area (Å²) in [5.74, 6) is -0.177. The van der Waals surface area contributed by atoms with Crippen molar-refractivity contribution in [1.82, 2.24) is 10.2 Å². The Kier molecular flexibility index (Phi) is 5.35. The van der Waals surface area contributed by atoms with Gasteiger partial charge < -0.3 is 15.0 Å². The number of amides is 1. The van der Waals surface area contributed by atoms with Gasteiger partial charge in [-0.1, -0.05) is 18.2 Å². The molecule has 0 aliphatic carbocycles. The molecule has 1 N–H and O–H groups in total. The van der Waals surface area contributed by atoms with Crippen LogP contribution >= 0.6 is 0 Å². The molecular formula is C15H21FN2O2. The van der Waals surface area contributed by atoms with Crippen molar-refractivity contribution in [3.05, 3.63) is 35.6 Å². The monoisotopic (exact) mass is 280 g/mol. The molecule has 1 heterocycles. The Hall–Kier alpha value is -1.62. The maximum Gasteiger partial charge on any atom is 0.409 e. The van der Waals surface area contributed by atoms with Crippen molar-refractivity contribution in [3.8, 4) is 0 Å². The molecule has 1 fully saturated rings. The number of carbonyl (C=O) groups excluding carboxylic acids is 1. The second-order valence-electron chi connectivity index (χ2n) is 4.93. The highest BCUT2D eigenvalue weighted by Gasteiger charge is 2.23. The first-order chi connectivity index (χ1) is 9.70. The fourth-order valence-electron chi connectivity index (χ4n) is 2.38. The first-order valence-electron chi connectivity index (χ1n) is 7.09. The molecule has 5 heteroatoms. The minimum atomic E-state index is -0.236. The number of ether oxygens (including phenoxy) is 1. The van der Waals surface area contributed by atoms with Gasteiger partial charge in [-0.05, 0) is 25.8 Å². The van der Waals surface area contributed by atoms with Crippen molar-refractivity contribution < 1.29 is 13.9 Å². The molecule has 0 radical (unpaired) electrons. The lowest BCUT2D eigenvalue weighted by Gasteiger charge is -2.31. The number of carbonyl (C=O) groups is 1. The number of hydrogen-bond acceptors (Lipinski definition) is 3. The molecule has 1 aliphatic heterocycles. The van der Waals surface area contributed by atoms with Gasteiger partial charge in [0.05, 0.1) is 6.61 Å². The topological polar surface area (TPSA) is 41.6 Å². The molecule has 1 aromatic rings. The van der Waals surface area contributed by atoms with Crippen molar-refractivity contribution in [2.24, 2.45) is 0 Å². The van der Waals surface area contributed by atoms with E-state index >= 15 is 0 Å². The number of rotatable bonds is 4. The van der Waals surface area contributed by atoms with E-state index in [1.54, 1.807) is 24.0 Å². The molecule has 0 aromatic heterocycles. The lowest BCUT2D eigenvalue weighted by atomic mass is 10.0. The molecular weight excluding hydrogens is 259 g/mol. The van der Waals surface area contributed by atoms with Crippen LogP contribution in [0, 0.1) is 5.82 Å². The Bertz CT molecular complexity index is 445. The van der Waals surface area contributed by atoms with Gasteiger partial charge in [0.15, 0.2) is 0 Å². The van der Waals surface area contributed by atoms with Crippen molar-refractivity contribution in [3.63, 3.8) is 0 Å². The minimum Gasteiger partial charge on any atom is -0.450 e. The van der Waals surface area contributed by atoms with Crippen LogP contribution in [0.4, 0.5) is 9.18 Å². The molecule has 0 atom stereocenters. The maximum absolute atomic E-state index is 13.5. The van der Waals surface area contributed by atoms with Gasteiger partial charge in [-0.15, -0.1) is 0 Å². The van der Waals surface area contributed by atoms with E-state index in [9.17, 15) is 9.18 Å². The summed E-state index contributed by atoms with van der Waals surface area (Å²) in [6.07, 6.45) is 1.50. The lowest BCUT2D eigenvalue weighted by molar-refractivity contribution is 0.0950. The second kappa shape index (κ2) is 7.24. The smallest absolute Gasteiger partial charge is 0.409 e. The highest BCUT2D eigenvalue weighted by molar-refractivity contribution is 5.67. The Balaban J connectivity index is 1.75. The Morgan fingerprint density at radius 3 is 2.75 bits per heavy atom. The van der Waals surface area contributed by atoms with E-state index in [4.69, 9.17) is 4.74 Å². The van der Waals surface area contributed by atoms with Crippen LogP contribution in [0.1, 0.15) is 25.3 Å². The normalized spacial score (nSPS) is 16.2. The zero-order valence-corrected chi connectivity index (χ0v) is 11.8. The summed E-state index contributed by atoms with van der Waals surface area (Å²) in [7, 11) is 0. The number of benzene rings is 1. The average molecular weight is 280 g/mol. The molecule has 20 heavy (non-hydrogen) atoms. The van der Waals surface area contributed by atoms with Crippen molar-refractivity contribution >= 4 is 6.09 Å². The van der Waals surface area contributed by atoms with Gasteiger partial charge in [-0.2, -0.15) is 0 Å². The van der Waals surface area contributed by atoms with E-state index in [1.165, 1.54) is 6.07 Å². The fourth-order valence-corrected chi connectivity index (χ4v) is 2.38. The van der Waals surface area contributed by atoms with Crippen LogP contribution in [0.5, 0.6) is 0 Å². The van der Waals surface area contributed by atoms with E-state index in [1.807, 2.05) is 6.07 Å². The average Bonchev–Trinajstić information content (AvgIpc) is 2.47. The lowest BCUT2D eigenvalue weighted by Crippen LogP contribution is -2.45. The summed E-state index contributed by atoms with van der Waals surface area (Å²) in [6, 6.07) is 7.11. The number of nitrogens with zero attached hydrogens (tertiary/aromatic N) is 1. The van der Waals surface area contributed by atoms with Crippen molar-refractivity contribution in [1.29, 1.82) is 0 Å². The summed E-state index contributed by atoms with van der Waals surface area (Å²) in [5, 5.41) is 3.35. The van der Waals surface area contributed by atoms with E-state index in [2.05, 4.69) is 5.32 Å². The molecule has 2 rings (SSSR count). The molecule has 0 saturated carbocycles. The second-order valence-corrected chi connectivity index (χ2v) is 4.93. The van der Waals surface area contributed by atoms with Crippen LogP contribution in [0.15, 0.2) is 24.3 Å². The Morgan fingerprint density at radius 2 is 2.10 bits per heavy atom. The minimum absolute atomic E-state index is 0.177. The van der Waals surface area contributed by atoms with Gasteiger partial charge >= 0.3 is 6.09 Å². The molecule has 1 amide bonds. The van der Waals surface area contributed by atoms with Gasteiger partial charge in [0.1, 0.15) is 5.82 Å². The van der Waals surface area contributed by atoms with Crippen LogP contribution in [-0.2, 0) is 11.3 Å². The van der Waals surface area contributed by atoms with Crippen LogP contribution in [-0.4, -0.2) is 36.7 Å². The SMILES string of the molecule is CCOC(=O)N1CCC(NCc2ccccc2F)CC1. The van der Waals surface area contributed by atoms with Gasteiger partial charge in [0.25, 0.3) is 0 Å². The summed E-state index contributed by atoms with van der Waals surface area (Å²) >= 11 is 0. The molecule has 0 spiro atoms. The molecule has 1 aromatic carbocycles. The van der Waals surface area contributed by atoms with Crippen molar-refractivity contribution in [2.45, 2.75) is 32.4 Å². The predicted octanol–water partition coefficient (Wildman–Crippen LogP) is 2.54. The van der Waals surface area contributed by atoms with E-state index in [0.29, 0.717) is 37.8 Å². The predicted molar refractivity (Wildman–Crippen MR) is 74.9 cm³/mol. The zero-order chi connectivity index (χ0) is 14.4. The first kappa shape index (κ1) is 14.8. The standard InChI is InChI=1S/C15H21FN2O2/c1-2-20-15(19)18-9-7-13(8-10-18)17-11-12-5-3-4-6-14(12)16/h3-6,13,17H,2,7-11H2,1H3. The number of piperidine rings is 1. The Labute approximate surface area is 118 Å². The molecule has 1 aliphatic rings. The molecule has 0 unspecified atom stereocenters. The van der Waals surface area contributed by atoms with Gasteiger partial charge in [-0.3, -0.25) is 0 Å². The number of hydrogen-bond donors (Lipinski definition) is 1.